The van der Waals surface area contributed by atoms with Gasteiger partial charge in [0, 0.05) is 24.4 Å². The molecule has 0 spiro atoms. The summed E-state index contributed by atoms with van der Waals surface area (Å²) >= 11 is 0. The second kappa shape index (κ2) is 7.55. The van der Waals surface area contributed by atoms with Crippen LogP contribution >= 0.6 is 0 Å². The fourth-order valence-corrected chi connectivity index (χ4v) is 2.81. The quantitative estimate of drug-likeness (QED) is 0.883. The van der Waals surface area contributed by atoms with E-state index >= 15 is 0 Å². The molecule has 0 unspecified atom stereocenters. The molecule has 6 heteroatoms. The summed E-state index contributed by atoms with van der Waals surface area (Å²) in [7, 11) is 0. The van der Waals surface area contributed by atoms with Crippen molar-refractivity contribution in [2.24, 2.45) is 0 Å². The van der Waals surface area contributed by atoms with Gasteiger partial charge in [0.1, 0.15) is 5.60 Å². The van der Waals surface area contributed by atoms with E-state index in [0.29, 0.717) is 0 Å². The van der Waals surface area contributed by atoms with Gasteiger partial charge >= 0.3 is 6.09 Å². The number of ether oxygens (including phenoxy) is 1. The molecule has 2 heterocycles. The van der Waals surface area contributed by atoms with Crippen molar-refractivity contribution < 1.29 is 9.53 Å². The number of alkyl carbamates (subject to hydrolysis) is 1. The van der Waals surface area contributed by atoms with E-state index in [1.54, 1.807) is 6.08 Å². The minimum Gasteiger partial charge on any atom is -0.444 e. The second-order valence-corrected chi connectivity index (χ2v) is 6.97. The zero-order valence-corrected chi connectivity index (χ0v) is 15.1. The van der Waals surface area contributed by atoms with Crippen molar-refractivity contribution in [2.45, 2.75) is 52.2 Å². The SMILES string of the molecule is C=C/C=c1/c(N2CCC(NC(=O)OC(C)(C)C)CC2)n[nH]/c1=C/C. The number of nitrogens with one attached hydrogen (secondary N) is 2. The van der Waals surface area contributed by atoms with Gasteiger partial charge in [-0.15, -0.1) is 0 Å². The Labute approximate surface area is 143 Å². The summed E-state index contributed by atoms with van der Waals surface area (Å²) in [6, 6.07) is 0.138. The van der Waals surface area contributed by atoms with Gasteiger partial charge in [-0.3, -0.25) is 5.10 Å². The number of carbonyl (C=O) groups is 1. The predicted octanol–water partition coefficient (Wildman–Crippen LogP) is 1.67. The van der Waals surface area contributed by atoms with Gasteiger partial charge in [0.25, 0.3) is 0 Å². The molecule has 1 aromatic rings. The predicted molar refractivity (Wildman–Crippen MR) is 97.2 cm³/mol. The van der Waals surface area contributed by atoms with Gasteiger partial charge in [0.2, 0.25) is 0 Å². The molecule has 0 saturated carbocycles. The third kappa shape index (κ3) is 4.63. The van der Waals surface area contributed by atoms with Crippen LogP contribution in [0.15, 0.2) is 12.7 Å². The average Bonchev–Trinajstić information content (AvgIpc) is 2.89. The molecular formula is C18H28N4O2. The first-order chi connectivity index (χ1) is 11.3. The van der Waals surface area contributed by atoms with Gasteiger partial charge in [0.05, 0.1) is 5.35 Å². The van der Waals surface area contributed by atoms with Crippen LogP contribution in [0.3, 0.4) is 0 Å². The van der Waals surface area contributed by atoms with Gasteiger partial charge in [0.15, 0.2) is 5.82 Å². The first-order valence-electron chi connectivity index (χ1n) is 8.42. The van der Waals surface area contributed by atoms with Crippen LogP contribution in [0.5, 0.6) is 0 Å². The van der Waals surface area contributed by atoms with Crippen LogP contribution in [-0.4, -0.2) is 41.0 Å². The maximum Gasteiger partial charge on any atom is 0.407 e. The Balaban J connectivity index is 1.99. The number of hydrogen-bond acceptors (Lipinski definition) is 4. The summed E-state index contributed by atoms with van der Waals surface area (Å²) in [5, 5.41) is 12.5. The molecule has 0 radical (unpaired) electrons. The van der Waals surface area contributed by atoms with Gasteiger partial charge in [-0.05, 0) is 46.6 Å². The lowest BCUT2D eigenvalue weighted by molar-refractivity contribution is 0.0497. The number of amides is 1. The van der Waals surface area contributed by atoms with E-state index < -0.39 is 5.60 Å². The molecular weight excluding hydrogens is 304 g/mol. The lowest BCUT2D eigenvalue weighted by Crippen LogP contribution is -2.47. The van der Waals surface area contributed by atoms with Crippen LogP contribution in [-0.2, 0) is 4.74 Å². The molecule has 2 N–H and O–H groups in total. The molecule has 1 aromatic heterocycles. The zero-order valence-electron chi connectivity index (χ0n) is 15.1. The van der Waals surface area contributed by atoms with Crippen LogP contribution in [0.2, 0.25) is 0 Å². The lowest BCUT2D eigenvalue weighted by atomic mass is 10.1. The highest BCUT2D eigenvalue weighted by Crippen LogP contribution is 2.15. The number of aromatic amines is 1. The average molecular weight is 332 g/mol. The number of piperidine rings is 1. The molecule has 0 aliphatic carbocycles. The van der Waals surface area contributed by atoms with Crippen molar-refractivity contribution in [1.82, 2.24) is 15.5 Å². The molecule has 0 aromatic carbocycles. The van der Waals surface area contributed by atoms with Gasteiger partial charge in [-0.25, -0.2) is 4.79 Å². The van der Waals surface area contributed by atoms with E-state index in [4.69, 9.17) is 4.74 Å². The van der Waals surface area contributed by atoms with Crippen molar-refractivity contribution in [2.75, 3.05) is 18.0 Å². The van der Waals surface area contributed by atoms with Crippen molar-refractivity contribution in [3.05, 3.63) is 23.2 Å². The summed E-state index contributed by atoms with van der Waals surface area (Å²) in [5.74, 6) is 0.943. The molecule has 1 aliphatic heterocycles. The highest BCUT2D eigenvalue weighted by Gasteiger charge is 2.24. The summed E-state index contributed by atoms with van der Waals surface area (Å²) in [6.07, 6.45) is 7.14. The smallest absolute Gasteiger partial charge is 0.407 e. The number of rotatable bonds is 3. The molecule has 1 amide bonds. The minimum absolute atomic E-state index is 0.138. The summed E-state index contributed by atoms with van der Waals surface area (Å²) in [6.45, 7) is 13.0. The van der Waals surface area contributed by atoms with Crippen LogP contribution < -0.4 is 20.8 Å². The number of allylic oxidation sites excluding steroid dienone is 1. The van der Waals surface area contributed by atoms with E-state index in [2.05, 4.69) is 27.0 Å². The van der Waals surface area contributed by atoms with Crippen LogP contribution in [0.25, 0.3) is 12.2 Å². The van der Waals surface area contributed by atoms with E-state index in [9.17, 15) is 4.79 Å². The molecule has 1 saturated heterocycles. The van der Waals surface area contributed by atoms with Gasteiger partial charge < -0.3 is 15.0 Å². The Morgan fingerprint density at radius 3 is 2.62 bits per heavy atom. The van der Waals surface area contributed by atoms with Crippen LogP contribution in [0.1, 0.15) is 40.5 Å². The summed E-state index contributed by atoms with van der Waals surface area (Å²) < 4.78 is 5.32. The van der Waals surface area contributed by atoms with Crippen molar-refractivity contribution in [1.29, 1.82) is 0 Å². The maximum atomic E-state index is 11.9. The number of aromatic nitrogens is 2. The number of H-pyrrole nitrogens is 1. The monoisotopic (exact) mass is 332 g/mol. The molecule has 1 aliphatic rings. The number of hydrogen-bond donors (Lipinski definition) is 2. The van der Waals surface area contributed by atoms with E-state index in [1.165, 1.54) is 0 Å². The Hall–Kier alpha value is -2.24. The lowest BCUT2D eigenvalue weighted by Gasteiger charge is -2.33. The first kappa shape index (κ1) is 18.1. The topological polar surface area (TPSA) is 70.2 Å². The normalized spacial score (nSPS) is 17.9. The summed E-state index contributed by atoms with van der Waals surface area (Å²) in [4.78, 5) is 14.1. The molecule has 2 rings (SSSR count). The maximum absolute atomic E-state index is 11.9. The third-order valence-corrected chi connectivity index (χ3v) is 3.90. The Morgan fingerprint density at radius 2 is 2.08 bits per heavy atom. The third-order valence-electron chi connectivity index (χ3n) is 3.90. The zero-order chi connectivity index (χ0) is 17.7. The Kier molecular flexibility index (Phi) is 5.70. The largest absolute Gasteiger partial charge is 0.444 e. The van der Waals surface area contributed by atoms with E-state index in [0.717, 1.165) is 42.3 Å². The summed E-state index contributed by atoms with van der Waals surface area (Å²) in [5.41, 5.74) is -0.470. The molecule has 6 nitrogen and oxygen atoms in total. The number of nitrogens with zero attached hydrogens (tertiary/aromatic N) is 2. The minimum atomic E-state index is -0.470. The first-order valence-corrected chi connectivity index (χ1v) is 8.42. The van der Waals surface area contributed by atoms with Crippen molar-refractivity contribution in [3.63, 3.8) is 0 Å². The second-order valence-electron chi connectivity index (χ2n) is 6.97. The molecule has 0 atom stereocenters. The molecule has 1 fully saturated rings. The van der Waals surface area contributed by atoms with Crippen LogP contribution in [0, 0.1) is 0 Å². The fraction of sp³-hybridized carbons (Fsp3) is 0.556. The molecule has 132 valence electrons. The highest BCUT2D eigenvalue weighted by molar-refractivity contribution is 5.68. The Bertz CT molecular complexity index is 692. The highest BCUT2D eigenvalue weighted by atomic mass is 16.6. The van der Waals surface area contributed by atoms with Crippen LogP contribution in [0.4, 0.5) is 10.6 Å². The number of carbonyl (C=O) groups excluding carboxylic acids is 1. The van der Waals surface area contributed by atoms with Gasteiger partial charge in [-0.2, -0.15) is 5.10 Å². The standard InChI is InChI=1S/C18H28N4O2/c1-6-8-14-15(7-2)20-21-16(14)22-11-9-13(10-12-22)19-17(23)24-18(3,4)5/h6-8,13,20H,1,9-12H2,2-5H3,(H,19,23)/b14-8+,15-7+. The van der Waals surface area contributed by atoms with Crippen molar-refractivity contribution in [3.8, 4) is 0 Å². The fourth-order valence-electron chi connectivity index (χ4n) is 2.81. The van der Waals surface area contributed by atoms with E-state index in [1.807, 2.05) is 39.8 Å². The van der Waals surface area contributed by atoms with E-state index in [-0.39, 0.29) is 12.1 Å². The Morgan fingerprint density at radius 1 is 1.42 bits per heavy atom. The van der Waals surface area contributed by atoms with Crippen molar-refractivity contribution >= 4 is 24.1 Å². The molecule has 0 bridgehead atoms. The number of anilines is 1. The molecule has 24 heavy (non-hydrogen) atoms. The van der Waals surface area contributed by atoms with Gasteiger partial charge in [-0.1, -0.05) is 18.7 Å².